The van der Waals surface area contributed by atoms with Gasteiger partial charge in [-0.3, -0.25) is 4.79 Å². The van der Waals surface area contributed by atoms with Crippen LogP contribution in [0, 0.1) is 5.92 Å². The van der Waals surface area contributed by atoms with Crippen LogP contribution in [0.5, 0.6) is 11.5 Å². The summed E-state index contributed by atoms with van der Waals surface area (Å²) in [5.74, 6) is 1.66. The highest BCUT2D eigenvalue weighted by Gasteiger charge is 2.34. The van der Waals surface area contributed by atoms with Crippen molar-refractivity contribution in [1.29, 1.82) is 0 Å². The Hall–Kier alpha value is -1.91. The van der Waals surface area contributed by atoms with Crippen molar-refractivity contribution in [2.24, 2.45) is 5.92 Å². The first kappa shape index (κ1) is 16.5. The van der Waals surface area contributed by atoms with Gasteiger partial charge in [-0.25, -0.2) is 0 Å². The van der Waals surface area contributed by atoms with E-state index in [2.05, 4.69) is 26.1 Å². The highest BCUT2D eigenvalue weighted by molar-refractivity contribution is 6.05. The van der Waals surface area contributed by atoms with Crippen molar-refractivity contribution in [3.05, 3.63) is 12.1 Å². The molecule has 1 N–H and O–H groups in total. The topological polar surface area (TPSA) is 50.8 Å². The van der Waals surface area contributed by atoms with Crippen LogP contribution >= 0.6 is 0 Å². The number of amides is 1. The van der Waals surface area contributed by atoms with Gasteiger partial charge in [0.1, 0.15) is 6.04 Å². The van der Waals surface area contributed by atoms with Gasteiger partial charge in [0.2, 0.25) is 5.91 Å². The van der Waals surface area contributed by atoms with Gasteiger partial charge in [0.05, 0.1) is 25.6 Å². The fraction of sp³-hybridized carbons (Fsp3) is 0.588. The Labute approximate surface area is 132 Å². The smallest absolute Gasteiger partial charge is 0.249 e. The van der Waals surface area contributed by atoms with Crippen LogP contribution in [0.1, 0.15) is 33.6 Å². The Morgan fingerprint density at radius 1 is 1.23 bits per heavy atom. The molecule has 1 aliphatic heterocycles. The molecule has 0 saturated heterocycles. The zero-order chi connectivity index (χ0) is 16.3. The number of carbonyl (C=O) groups excluding carboxylic acids is 1. The van der Waals surface area contributed by atoms with Gasteiger partial charge in [-0.15, -0.1) is 0 Å². The first-order valence-corrected chi connectivity index (χ1v) is 7.87. The largest absolute Gasteiger partial charge is 0.493 e. The van der Waals surface area contributed by atoms with Gasteiger partial charge >= 0.3 is 0 Å². The van der Waals surface area contributed by atoms with E-state index in [1.165, 1.54) is 0 Å². The second kappa shape index (κ2) is 6.90. The molecule has 0 aromatic heterocycles. The summed E-state index contributed by atoms with van der Waals surface area (Å²) in [5.41, 5.74) is 1.79. The average molecular weight is 306 g/mol. The summed E-state index contributed by atoms with van der Waals surface area (Å²) in [6, 6.07) is 3.59. The quantitative estimate of drug-likeness (QED) is 0.876. The van der Waals surface area contributed by atoms with E-state index in [9.17, 15) is 4.79 Å². The van der Waals surface area contributed by atoms with E-state index in [0.29, 0.717) is 11.5 Å². The molecule has 0 bridgehead atoms. The number of methoxy groups -OCH3 is 2. The lowest BCUT2D eigenvalue weighted by atomic mass is 9.98. The summed E-state index contributed by atoms with van der Waals surface area (Å²) in [7, 11) is 3.22. The van der Waals surface area contributed by atoms with E-state index in [0.717, 1.165) is 30.8 Å². The Morgan fingerprint density at radius 2 is 1.86 bits per heavy atom. The molecule has 1 aromatic rings. The zero-order valence-corrected chi connectivity index (χ0v) is 14.1. The molecule has 0 spiro atoms. The molecule has 0 saturated carbocycles. The maximum atomic E-state index is 12.8. The lowest BCUT2D eigenvalue weighted by molar-refractivity contribution is -0.120. The van der Waals surface area contributed by atoms with Crippen LogP contribution in [-0.4, -0.2) is 32.7 Å². The second-order valence-electron chi connectivity index (χ2n) is 5.93. The van der Waals surface area contributed by atoms with Crippen molar-refractivity contribution >= 4 is 17.3 Å². The summed E-state index contributed by atoms with van der Waals surface area (Å²) in [4.78, 5) is 14.7. The van der Waals surface area contributed by atoms with Gasteiger partial charge in [-0.1, -0.05) is 27.2 Å². The molecule has 5 heteroatoms. The summed E-state index contributed by atoms with van der Waals surface area (Å²) in [6.07, 6.45) is 2.02. The molecule has 122 valence electrons. The van der Waals surface area contributed by atoms with Crippen molar-refractivity contribution in [3.8, 4) is 11.5 Å². The molecule has 1 heterocycles. The number of hydrogen-bond acceptors (Lipinski definition) is 4. The normalized spacial score (nSPS) is 17.3. The van der Waals surface area contributed by atoms with Crippen molar-refractivity contribution in [2.75, 3.05) is 31.0 Å². The molecule has 1 aromatic carbocycles. The average Bonchev–Trinajstić information content (AvgIpc) is 2.52. The minimum atomic E-state index is -0.206. The Morgan fingerprint density at radius 3 is 2.41 bits per heavy atom. The van der Waals surface area contributed by atoms with E-state index in [4.69, 9.17) is 9.47 Å². The number of hydrogen-bond donors (Lipinski definition) is 1. The molecule has 1 atom stereocenters. The second-order valence-corrected chi connectivity index (χ2v) is 5.93. The number of rotatable bonds is 6. The molecule has 1 amide bonds. The third-order valence-electron chi connectivity index (χ3n) is 4.04. The zero-order valence-electron chi connectivity index (χ0n) is 14.1. The Kier molecular flexibility index (Phi) is 5.16. The van der Waals surface area contributed by atoms with Crippen LogP contribution in [0.4, 0.5) is 11.4 Å². The van der Waals surface area contributed by atoms with Crippen LogP contribution in [0.15, 0.2) is 12.1 Å². The number of nitrogens with zero attached hydrogens (tertiary/aromatic N) is 1. The van der Waals surface area contributed by atoms with Gasteiger partial charge in [0.25, 0.3) is 0 Å². The predicted octanol–water partition coefficient (Wildman–Crippen LogP) is 3.29. The summed E-state index contributed by atoms with van der Waals surface area (Å²) in [5, 5.41) is 3.35. The highest BCUT2D eigenvalue weighted by Crippen LogP contribution is 2.41. The van der Waals surface area contributed by atoms with Gasteiger partial charge in [0.15, 0.2) is 11.5 Å². The number of benzene rings is 1. The Balaban J connectivity index is 2.48. The summed E-state index contributed by atoms with van der Waals surface area (Å²) >= 11 is 0. The first-order chi connectivity index (χ1) is 10.5. The van der Waals surface area contributed by atoms with Crippen molar-refractivity contribution in [3.63, 3.8) is 0 Å². The van der Waals surface area contributed by atoms with Crippen molar-refractivity contribution in [2.45, 2.75) is 39.7 Å². The van der Waals surface area contributed by atoms with E-state index >= 15 is 0 Å². The van der Waals surface area contributed by atoms with Crippen molar-refractivity contribution < 1.29 is 14.3 Å². The van der Waals surface area contributed by atoms with Crippen molar-refractivity contribution in [1.82, 2.24) is 0 Å². The number of fused-ring (bicyclic) bond motifs is 1. The van der Waals surface area contributed by atoms with E-state index in [-0.39, 0.29) is 17.9 Å². The van der Waals surface area contributed by atoms with Crippen LogP contribution < -0.4 is 19.7 Å². The van der Waals surface area contributed by atoms with E-state index in [1.807, 2.05) is 17.0 Å². The molecule has 5 nitrogen and oxygen atoms in total. The molecule has 0 aliphatic carbocycles. The van der Waals surface area contributed by atoms with Crippen LogP contribution in [0.3, 0.4) is 0 Å². The van der Waals surface area contributed by atoms with Gasteiger partial charge in [-0.05, 0) is 12.3 Å². The molecule has 1 aliphatic rings. The predicted molar refractivity (Wildman–Crippen MR) is 89.1 cm³/mol. The van der Waals surface area contributed by atoms with Gasteiger partial charge < -0.3 is 19.7 Å². The highest BCUT2D eigenvalue weighted by atomic mass is 16.5. The number of ether oxygens (including phenoxy) is 2. The molecular formula is C17H26N2O3. The minimum Gasteiger partial charge on any atom is -0.493 e. The van der Waals surface area contributed by atoms with Gasteiger partial charge in [0, 0.05) is 18.7 Å². The molecule has 1 unspecified atom stereocenters. The lowest BCUT2D eigenvalue weighted by Gasteiger charge is -2.37. The molecule has 22 heavy (non-hydrogen) atoms. The third kappa shape index (κ3) is 2.98. The van der Waals surface area contributed by atoms with Gasteiger partial charge in [-0.2, -0.15) is 0 Å². The summed E-state index contributed by atoms with van der Waals surface area (Å²) < 4.78 is 10.7. The number of unbranched alkanes of at least 4 members (excludes halogenated alkanes) is 1. The molecular weight excluding hydrogens is 280 g/mol. The van der Waals surface area contributed by atoms with E-state index < -0.39 is 0 Å². The monoisotopic (exact) mass is 306 g/mol. The van der Waals surface area contributed by atoms with Crippen LogP contribution in [0.2, 0.25) is 0 Å². The fourth-order valence-corrected chi connectivity index (χ4v) is 2.72. The van der Waals surface area contributed by atoms with Crippen LogP contribution in [-0.2, 0) is 4.79 Å². The third-order valence-corrected chi connectivity index (χ3v) is 4.04. The maximum Gasteiger partial charge on any atom is 0.249 e. The SMILES string of the molecule is CCCCN1C(=O)C(C(C)C)Nc2cc(OC)c(OC)cc21. The minimum absolute atomic E-state index is 0.128. The molecule has 0 fully saturated rings. The Bertz CT molecular complexity index is 543. The molecule has 2 rings (SSSR count). The summed E-state index contributed by atoms with van der Waals surface area (Å²) in [6.45, 7) is 6.96. The fourth-order valence-electron chi connectivity index (χ4n) is 2.72. The number of nitrogens with one attached hydrogen (secondary N) is 1. The lowest BCUT2D eigenvalue weighted by Crippen LogP contribution is -2.50. The maximum absolute atomic E-state index is 12.8. The standard InChI is InChI=1S/C17H26N2O3/c1-6-7-8-19-13-10-15(22-5)14(21-4)9-12(13)18-16(11(2)3)17(19)20/h9-11,16,18H,6-8H2,1-5H3. The molecule has 0 radical (unpaired) electrons. The number of carbonyl (C=O) groups is 1. The van der Waals surface area contributed by atoms with E-state index in [1.54, 1.807) is 14.2 Å². The first-order valence-electron chi connectivity index (χ1n) is 7.87. The number of anilines is 2. The van der Waals surface area contributed by atoms with Crippen LogP contribution in [0.25, 0.3) is 0 Å².